The van der Waals surface area contributed by atoms with Crippen molar-refractivity contribution in [3.05, 3.63) is 30.1 Å². The molecule has 0 aliphatic heterocycles. The quantitative estimate of drug-likeness (QED) is 0.680. The molecule has 3 nitrogen and oxygen atoms in total. The summed E-state index contributed by atoms with van der Waals surface area (Å²) in [6.45, 7) is 1.91. The summed E-state index contributed by atoms with van der Waals surface area (Å²) in [5, 5.41) is 8.55. The second-order valence-electron chi connectivity index (χ2n) is 3.07. The minimum absolute atomic E-state index is 0.0159. The predicted octanol–water partition coefficient (Wildman–Crippen LogP) is 2.20. The molecule has 1 rings (SSSR count). The van der Waals surface area contributed by atoms with Crippen LogP contribution in [0, 0.1) is 17.2 Å². The van der Waals surface area contributed by atoms with E-state index >= 15 is 0 Å². The zero-order chi connectivity index (χ0) is 10.4. The van der Waals surface area contributed by atoms with Gasteiger partial charge in [-0.25, -0.2) is 0 Å². The Morgan fingerprint density at radius 1 is 1.71 bits per heavy atom. The van der Waals surface area contributed by atoms with Gasteiger partial charge in [-0.2, -0.15) is 5.26 Å². The smallest absolute Gasteiger partial charge is 0.168 e. The van der Waals surface area contributed by atoms with Crippen molar-refractivity contribution in [3.63, 3.8) is 0 Å². The van der Waals surface area contributed by atoms with Crippen molar-refractivity contribution in [1.82, 2.24) is 4.98 Å². The summed E-state index contributed by atoms with van der Waals surface area (Å²) < 4.78 is 0. The highest BCUT2D eigenvalue weighted by molar-refractivity contribution is 5.97. The number of carbonyl (C=O) groups excluding carboxylic acids is 1. The Kier molecular flexibility index (Phi) is 3.81. The average Bonchev–Trinajstić information content (AvgIpc) is 2.26. The van der Waals surface area contributed by atoms with Gasteiger partial charge in [0.25, 0.3) is 0 Å². The molecule has 3 heteroatoms. The van der Waals surface area contributed by atoms with E-state index in [9.17, 15) is 4.79 Å². The lowest BCUT2D eigenvalue weighted by atomic mass is 9.94. The third kappa shape index (κ3) is 2.40. The fraction of sp³-hybridized carbons (Fsp3) is 0.364. The second kappa shape index (κ2) is 5.13. The molecule has 72 valence electrons. The highest BCUT2D eigenvalue weighted by Crippen LogP contribution is 2.14. The molecule has 1 heterocycles. The van der Waals surface area contributed by atoms with Gasteiger partial charge in [0.05, 0.1) is 6.07 Å². The predicted molar refractivity (Wildman–Crippen MR) is 52.6 cm³/mol. The molecule has 0 spiro atoms. The van der Waals surface area contributed by atoms with Crippen molar-refractivity contribution in [2.24, 2.45) is 5.92 Å². The normalized spacial score (nSPS) is 11.7. The Balaban J connectivity index is 2.79. The van der Waals surface area contributed by atoms with E-state index in [0.717, 1.165) is 0 Å². The van der Waals surface area contributed by atoms with E-state index in [1.54, 1.807) is 24.5 Å². The average molecular weight is 188 g/mol. The molecular weight excluding hydrogens is 176 g/mol. The number of hydrogen-bond acceptors (Lipinski definition) is 3. The van der Waals surface area contributed by atoms with E-state index in [2.05, 4.69) is 4.98 Å². The van der Waals surface area contributed by atoms with Gasteiger partial charge in [0.1, 0.15) is 0 Å². The van der Waals surface area contributed by atoms with Crippen molar-refractivity contribution < 1.29 is 4.79 Å². The van der Waals surface area contributed by atoms with Crippen LogP contribution in [0.15, 0.2) is 24.5 Å². The third-order valence-electron chi connectivity index (χ3n) is 2.15. The van der Waals surface area contributed by atoms with E-state index in [-0.39, 0.29) is 18.1 Å². The van der Waals surface area contributed by atoms with Crippen LogP contribution in [0.4, 0.5) is 0 Å². The molecule has 0 aliphatic rings. The van der Waals surface area contributed by atoms with E-state index in [1.807, 2.05) is 13.0 Å². The van der Waals surface area contributed by atoms with E-state index in [4.69, 9.17) is 5.26 Å². The molecular formula is C11H12N2O. The van der Waals surface area contributed by atoms with Crippen LogP contribution >= 0.6 is 0 Å². The molecule has 1 atom stereocenters. The van der Waals surface area contributed by atoms with Gasteiger partial charge in [-0.15, -0.1) is 0 Å². The first-order valence-corrected chi connectivity index (χ1v) is 4.60. The standard InChI is InChI=1S/C11H12N2O/c1-2-9(5-6-12)11(14)10-4-3-7-13-8-10/h3-4,7-9H,2,5H2,1H3. The number of ketones is 1. The Bertz CT molecular complexity index is 340. The summed E-state index contributed by atoms with van der Waals surface area (Å²) in [7, 11) is 0. The van der Waals surface area contributed by atoms with Gasteiger partial charge >= 0.3 is 0 Å². The van der Waals surface area contributed by atoms with Crippen LogP contribution in [0.2, 0.25) is 0 Å². The van der Waals surface area contributed by atoms with Gasteiger partial charge in [0.2, 0.25) is 0 Å². The first-order valence-electron chi connectivity index (χ1n) is 4.60. The zero-order valence-electron chi connectivity index (χ0n) is 8.10. The first kappa shape index (κ1) is 10.4. The molecule has 0 amide bonds. The minimum Gasteiger partial charge on any atom is -0.294 e. The lowest BCUT2D eigenvalue weighted by Gasteiger charge is -2.08. The fourth-order valence-electron chi connectivity index (χ4n) is 1.28. The Hall–Kier alpha value is -1.69. The summed E-state index contributed by atoms with van der Waals surface area (Å²) in [5.74, 6) is -0.175. The lowest BCUT2D eigenvalue weighted by molar-refractivity contribution is 0.0918. The molecule has 1 unspecified atom stereocenters. The SMILES string of the molecule is CCC(CC#N)C(=O)c1cccnc1. The Labute approximate surface area is 83.4 Å². The number of Topliss-reactive ketones (excluding diaryl/α,β-unsaturated/α-hetero) is 1. The van der Waals surface area contributed by atoms with Crippen LogP contribution < -0.4 is 0 Å². The Morgan fingerprint density at radius 3 is 3.00 bits per heavy atom. The van der Waals surface area contributed by atoms with Gasteiger partial charge in [0, 0.05) is 30.3 Å². The molecule has 1 aromatic rings. The highest BCUT2D eigenvalue weighted by Gasteiger charge is 2.17. The van der Waals surface area contributed by atoms with Gasteiger partial charge in [-0.3, -0.25) is 9.78 Å². The number of rotatable bonds is 4. The second-order valence-corrected chi connectivity index (χ2v) is 3.07. The maximum Gasteiger partial charge on any atom is 0.168 e. The Morgan fingerprint density at radius 2 is 2.50 bits per heavy atom. The van der Waals surface area contributed by atoms with Gasteiger partial charge < -0.3 is 0 Å². The molecule has 0 aliphatic carbocycles. The summed E-state index contributed by atoms with van der Waals surface area (Å²) in [5.41, 5.74) is 0.592. The van der Waals surface area contributed by atoms with Crippen LogP contribution in [0.25, 0.3) is 0 Å². The van der Waals surface area contributed by atoms with Crippen molar-refractivity contribution in [1.29, 1.82) is 5.26 Å². The molecule has 0 fully saturated rings. The molecule has 0 saturated carbocycles. The van der Waals surface area contributed by atoms with Crippen LogP contribution in [0.1, 0.15) is 30.1 Å². The highest BCUT2D eigenvalue weighted by atomic mass is 16.1. The molecule has 0 aromatic carbocycles. The topological polar surface area (TPSA) is 53.8 Å². The largest absolute Gasteiger partial charge is 0.294 e. The third-order valence-corrected chi connectivity index (χ3v) is 2.15. The van der Waals surface area contributed by atoms with Crippen molar-refractivity contribution in [3.8, 4) is 6.07 Å². The van der Waals surface area contributed by atoms with Crippen LogP contribution in [0.5, 0.6) is 0 Å². The molecule has 0 bridgehead atoms. The summed E-state index contributed by atoms with van der Waals surface area (Å²) in [6.07, 6.45) is 4.15. The van der Waals surface area contributed by atoms with Gasteiger partial charge in [0.15, 0.2) is 5.78 Å². The number of pyridine rings is 1. The van der Waals surface area contributed by atoms with Crippen molar-refractivity contribution in [2.75, 3.05) is 0 Å². The lowest BCUT2D eigenvalue weighted by Crippen LogP contribution is -2.13. The number of hydrogen-bond donors (Lipinski definition) is 0. The first-order chi connectivity index (χ1) is 6.79. The van der Waals surface area contributed by atoms with Crippen LogP contribution in [-0.2, 0) is 0 Å². The van der Waals surface area contributed by atoms with Gasteiger partial charge in [-0.1, -0.05) is 6.92 Å². The monoisotopic (exact) mass is 188 g/mol. The summed E-state index contributed by atoms with van der Waals surface area (Å²) in [6, 6.07) is 5.49. The maximum absolute atomic E-state index is 11.8. The number of nitriles is 1. The summed E-state index contributed by atoms with van der Waals surface area (Å²) >= 11 is 0. The minimum atomic E-state index is -0.191. The van der Waals surface area contributed by atoms with Crippen molar-refractivity contribution >= 4 is 5.78 Å². The molecule has 0 N–H and O–H groups in total. The molecule has 0 saturated heterocycles. The molecule has 14 heavy (non-hydrogen) atoms. The number of nitrogens with zero attached hydrogens (tertiary/aromatic N) is 2. The number of carbonyl (C=O) groups is 1. The zero-order valence-corrected chi connectivity index (χ0v) is 8.10. The van der Waals surface area contributed by atoms with Crippen molar-refractivity contribution in [2.45, 2.75) is 19.8 Å². The summed E-state index contributed by atoms with van der Waals surface area (Å²) in [4.78, 5) is 15.7. The molecule has 0 radical (unpaired) electrons. The van der Waals surface area contributed by atoms with E-state index in [0.29, 0.717) is 12.0 Å². The van der Waals surface area contributed by atoms with E-state index < -0.39 is 0 Å². The molecule has 1 aromatic heterocycles. The van der Waals surface area contributed by atoms with Crippen LogP contribution in [0.3, 0.4) is 0 Å². The van der Waals surface area contributed by atoms with Crippen LogP contribution in [-0.4, -0.2) is 10.8 Å². The van der Waals surface area contributed by atoms with Gasteiger partial charge in [-0.05, 0) is 18.6 Å². The maximum atomic E-state index is 11.8. The number of aromatic nitrogens is 1. The van der Waals surface area contributed by atoms with E-state index in [1.165, 1.54) is 0 Å². The fourth-order valence-corrected chi connectivity index (χ4v) is 1.28.